The van der Waals surface area contributed by atoms with Crippen molar-refractivity contribution in [2.45, 2.75) is 12.8 Å². The van der Waals surface area contributed by atoms with E-state index in [1.165, 1.54) is 11.1 Å². The summed E-state index contributed by atoms with van der Waals surface area (Å²) in [5, 5.41) is 6.00. The summed E-state index contributed by atoms with van der Waals surface area (Å²) in [5.74, 6) is 1.71. The third-order valence-corrected chi connectivity index (χ3v) is 11.0. The Morgan fingerprint density at radius 2 is 0.982 bits per heavy atom. The molecule has 0 saturated carbocycles. The number of benzene rings is 7. The van der Waals surface area contributed by atoms with Gasteiger partial charge >= 0.3 is 0 Å². The first-order chi connectivity index (χ1) is 27.2. The fourth-order valence-electron chi connectivity index (χ4n) is 8.54. The smallest absolute Gasteiger partial charge is 0.165 e. The largest absolute Gasteiger partial charge is 0.456 e. The van der Waals surface area contributed by atoms with Crippen LogP contribution in [0, 0.1) is 0 Å². The van der Waals surface area contributed by atoms with E-state index in [-0.39, 0.29) is 0 Å². The second kappa shape index (κ2) is 11.6. The molecule has 0 spiro atoms. The van der Waals surface area contributed by atoms with E-state index in [0.29, 0.717) is 17.5 Å². The molecule has 1 aliphatic carbocycles. The average Bonchev–Trinajstić information content (AvgIpc) is 3.94. The summed E-state index contributed by atoms with van der Waals surface area (Å²) in [6, 6.07) is 47.6. The van der Waals surface area contributed by atoms with Crippen LogP contribution in [0.4, 0.5) is 0 Å². The minimum atomic E-state index is 0.551. The van der Waals surface area contributed by atoms with E-state index in [1.807, 2.05) is 66.7 Å². The van der Waals surface area contributed by atoms with Crippen LogP contribution in [0.15, 0.2) is 159 Å². The molecular formula is C49H29N3O3. The fraction of sp³-hybridized carbons (Fsp3) is 0.0408. The van der Waals surface area contributed by atoms with Gasteiger partial charge in [-0.2, -0.15) is 0 Å². The first-order valence-corrected chi connectivity index (χ1v) is 18.6. The molecule has 4 aromatic heterocycles. The van der Waals surface area contributed by atoms with Crippen molar-refractivity contribution in [3.8, 4) is 45.3 Å². The Labute approximate surface area is 314 Å². The predicted octanol–water partition coefficient (Wildman–Crippen LogP) is 13.2. The van der Waals surface area contributed by atoms with Crippen LogP contribution in [-0.2, 0) is 6.42 Å². The topological polar surface area (TPSA) is 78.1 Å². The lowest BCUT2D eigenvalue weighted by Gasteiger charge is -2.15. The molecule has 0 bridgehead atoms. The number of rotatable bonds is 4. The lowest BCUT2D eigenvalue weighted by Crippen LogP contribution is -2.03. The van der Waals surface area contributed by atoms with Crippen molar-refractivity contribution >= 4 is 71.9 Å². The van der Waals surface area contributed by atoms with Crippen LogP contribution in [0.2, 0.25) is 0 Å². The standard InChI is InChI=1S/C49H29N3O3/c1-2-12-29-27-30(24-23-28(29)11-1)47-50-48(36-17-10-22-41-44(36)34-14-4-7-19-38(34)54-41)52-49(51-47)46-32(25-26-42-45(46)35-15-5-8-20-39(35)55-42)31-16-9-21-40-43(31)33-13-3-6-18-37(33)53-40/h2-10,12-27H,1,11H2. The van der Waals surface area contributed by atoms with Crippen molar-refractivity contribution in [3.05, 3.63) is 157 Å². The van der Waals surface area contributed by atoms with Crippen LogP contribution in [0.5, 0.6) is 0 Å². The molecule has 1 aliphatic rings. The van der Waals surface area contributed by atoms with Crippen molar-refractivity contribution in [2.24, 2.45) is 0 Å². The molecule has 0 aliphatic heterocycles. The Morgan fingerprint density at radius 3 is 1.69 bits per heavy atom. The molecule has 0 saturated heterocycles. The molecule has 0 fully saturated rings. The number of aryl methyl sites for hydroxylation is 1. The summed E-state index contributed by atoms with van der Waals surface area (Å²) in [7, 11) is 0. The third kappa shape index (κ3) is 4.58. The van der Waals surface area contributed by atoms with E-state index in [2.05, 4.69) is 84.9 Å². The molecule has 0 amide bonds. The van der Waals surface area contributed by atoms with Gasteiger partial charge in [-0.15, -0.1) is 0 Å². The van der Waals surface area contributed by atoms with Crippen LogP contribution in [0.1, 0.15) is 17.5 Å². The Hall–Kier alpha value is -7.31. The van der Waals surface area contributed by atoms with Gasteiger partial charge in [0, 0.05) is 49.0 Å². The van der Waals surface area contributed by atoms with Crippen molar-refractivity contribution in [1.29, 1.82) is 0 Å². The Morgan fingerprint density at radius 1 is 0.418 bits per heavy atom. The van der Waals surface area contributed by atoms with Gasteiger partial charge in [0.25, 0.3) is 0 Å². The van der Waals surface area contributed by atoms with Crippen LogP contribution in [0.25, 0.3) is 117 Å². The molecular weight excluding hydrogens is 679 g/mol. The van der Waals surface area contributed by atoms with Gasteiger partial charge in [0.05, 0.1) is 0 Å². The van der Waals surface area contributed by atoms with Gasteiger partial charge in [-0.25, -0.2) is 15.0 Å². The van der Waals surface area contributed by atoms with Crippen LogP contribution in [-0.4, -0.2) is 15.0 Å². The molecule has 0 radical (unpaired) electrons. The van der Waals surface area contributed by atoms with Crippen LogP contribution >= 0.6 is 0 Å². The number of allylic oxidation sites excluding steroid dienone is 1. The summed E-state index contributed by atoms with van der Waals surface area (Å²) in [6.45, 7) is 0. The molecule has 0 atom stereocenters. The highest BCUT2D eigenvalue weighted by molar-refractivity contribution is 6.19. The van der Waals surface area contributed by atoms with E-state index in [1.54, 1.807) is 0 Å². The zero-order chi connectivity index (χ0) is 36.0. The van der Waals surface area contributed by atoms with E-state index in [4.69, 9.17) is 28.2 Å². The number of hydrogen-bond acceptors (Lipinski definition) is 6. The lowest BCUT2D eigenvalue weighted by atomic mass is 9.92. The highest BCUT2D eigenvalue weighted by atomic mass is 16.3. The second-order valence-electron chi connectivity index (χ2n) is 14.2. The zero-order valence-corrected chi connectivity index (χ0v) is 29.4. The summed E-state index contributed by atoms with van der Waals surface area (Å²) in [6.07, 6.45) is 6.50. The summed E-state index contributed by atoms with van der Waals surface area (Å²) >= 11 is 0. The maximum absolute atomic E-state index is 6.53. The van der Waals surface area contributed by atoms with E-state index < -0.39 is 0 Å². The molecule has 0 unspecified atom stereocenters. The van der Waals surface area contributed by atoms with E-state index >= 15 is 0 Å². The summed E-state index contributed by atoms with van der Waals surface area (Å²) in [5.41, 5.74) is 12.0. The van der Waals surface area contributed by atoms with Crippen LogP contribution in [0.3, 0.4) is 0 Å². The molecule has 0 N–H and O–H groups in total. The van der Waals surface area contributed by atoms with Gasteiger partial charge in [0.15, 0.2) is 17.5 Å². The van der Waals surface area contributed by atoms with Gasteiger partial charge in [-0.3, -0.25) is 0 Å². The van der Waals surface area contributed by atoms with E-state index in [9.17, 15) is 0 Å². The van der Waals surface area contributed by atoms with Gasteiger partial charge in [-0.05, 0) is 83.6 Å². The number of nitrogens with zero attached hydrogens (tertiary/aromatic N) is 3. The van der Waals surface area contributed by atoms with Gasteiger partial charge in [-0.1, -0.05) is 103 Å². The lowest BCUT2D eigenvalue weighted by molar-refractivity contribution is 0.668. The summed E-state index contributed by atoms with van der Waals surface area (Å²) in [4.78, 5) is 16.1. The molecule has 12 rings (SSSR count). The molecule has 6 heteroatoms. The normalized spacial score (nSPS) is 12.9. The highest BCUT2D eigenvalue weighted by Crippen LogP contribution is 2.46. The highest BCUT2D eigenvalue weighted by Gasteiger charge is 2.25. The number of hydrogen-bond donors (Lipinski definition) is 0. The first kappa shape index (κ1) is 30.2. The fourth-order valence-corrected chi connectivity index (χ4v) is 8.54. The molecule has 11 aromatic rings. The Bertz CT molecular complexity index is 3400. The van der Waals surface area contributed by atoms with Crippen molar-refractivity contribution < 1.29 is 13.3 Å². The van der Waals surface area contributed by atoms with Crippen molar-refractivity contribution in [2.75, 3.05) is 0 Å². The predicted molar refractivity (Wildman–Crippen MR) is 221 cm³/mol. The first-order valence-electron chi connectivity index (χ1n) is 18.6. The summed E-state index contributed by atoms with van der Waals surface area (Å²) < 4.78 is 19.3. The zero-order valence-electron chi connectivity index (χ0n) is 29.4. The average molecular weight is 708 g/mol. The monoisotopic (exact) mass is 707 g/mol. The number of aromatic nitrogens is 3. The minimum Gasteiger partial charge on any atom is -0.456 e. The molecule has 55 heavy (non-hydrogen) atoms. The molecule has 4 heterocycles. The number of para-hydroxylation sites is 3. The van der Waals surface area contributed by atoms with Gasteiger partial charge in [0.2, 0.25) is 0 Å². The maximum atomic E-state index is 6.53. The SMILES string of the molecule is C1=Cc2cc(-c3nc(-c4cccc5oc6ccccc6c45)nc(-c4c(-c5cccc6oc7ccccc7c56)ccc5oc6ccccc6c45)n3)ccc2CC1. The van der Waals surface area contributed by atoms with Crippen LogP contribution < -0.4 is 0 Å². The van der Waals surface area contributed by atoms with Crippen molar-refractivity contribution in [1.82, 2.24) is 15.0 Å². The van der Waals surface area contributed by atoms with E-state index in [0.717, 1.165) is 106 Å². The maximum Gasteiger partial charge on any atom is 0.165 e. The molecule has 6 nitrogen and oxygen atoms in total. The third-order valence-electron chi connectivity index (χ3n) is 11.0. The number of fused-ring (bicyclic) bond motifs is 10. The molecule has 258 valence electrons. The second-order valence-corrected chi connectivity index (χ2v) is 14.2. The minimum absolute atomic E-state index is 0.551. The molecule has 7 aromatic carbocycles. The van der Waals surface area contributed by atoms with Crippen molar-refractivity contribution in [3.63, 3.8) is 0 Å². The van der Waals surface area contributed by atoms with Gasteiger partial charge < -0.3 is 13.3 Å². The quantitative estimate of drug-likeness (QED) is 0.181. The number of furan rings is 3. The Kier molecular flexibility index (Phi) is 6.36. The van der Waals surface area contributed by atoms with Gasteiger partial charge in [0.1, 0.15) is 33.5 Å². The Balaban J connectivity index is 1.22.